The van der Waals surface area contributed by atoms with Crippen LogP contribution in [0.15, 0.2) is 0 Å². The molecule has 2 spiro atoms. The molecule has 3 unspecified atom stereocenters. The van der Waals surface area contributed by atoms with E-state index in [9.17, 15) is 18.8 Å². The normalized spacial score (nSPS) is 38.6. The summed E-state index contributed by atoms with van der Waals surface area (Å²) in [7, 11) is 0. The van der Waals surface area contributed by atoms with E-state index in [0.717, 1.165) is 32.1 Å². The van der Waals surface area contributed by atoms with E-state index in [1.165, 1.54) is 4.90 Å². The van der Waals surface area contributed by atoms with Gasteiger partial charge in [0.15, 0.2) is 0 Å². The van der Waals surface area contributed by atoms with Gasteiger partial charge in [0.25, 0.3) is 0 Å². The van der Waals surface area contributed by atoms with Crippen molar-refractivity contribution in [1.29, 1.82) is 0 Å². The number of amides is 3. The summed E-state index contributed by atoms with van der Waals surface area (Å²) in [4.78, 5) is 43.3. The maximum Gasteiger partial charge on any atom is 0.250 e. The number of hydrogen-bond donors (Lipinski definition) is 1. The van der Waals surface area contributed by atoms with Crippen molar-refractivity contribution in [3.05, 3.63) is 0 Å². The van der Waals surface area contributed by atoms with Crippen LogP contribution in [0.4, 0.5) is 4.39 Å². The lowest BCUT2D eigenvalue weighted by Crippen LogP contribution is -2.81. The van der Waals surface area contributed by atoms with Gasteiger partial charge in [0.2, 0.25) is 18.2 Å². The van der Waals surface area contributed by atoms with Crippen LogP contribution in [0.3, 0.4) is 0 Å². The topological polar surface area (TPSA) is 73.0 Å². The Morgan fingerprint density at radius 1 is 1.09 bits per heavy atom. The first kappa shape index (κ1) is 22.7. The number of likely N-dealkylation sites (tertiary alicyclic amines) is 1. The molecule has 5 fully saturated rings. The molecule has 2 aliphatic carbocycles. The summed E-state index contributed by atoms with van der Waals surface area (Å²) < 4.78 is 14.9. The van der Waals surface area contributed by atoms with Gasteiger partial charge in [-0.25, -0.2) is 4.39 Å². The molecule has 0 aromatic carbocycles. The first-order chi connectivity index (χ1) is 15.2. The lowest BCUT2D eigenvalue weighted by atomic mass is 9.52. The number of piperidine rings is 1. The Kier molecular flexibility index (Phi) is 5.86. The van der Waals surface area contributed by atoms with Crippen LogP contribution in [0.2, 0.25) is 0 Å². The fourth-order valence-electron chi connectivity index (χ4n) is 6.77. The van der Waals surface area contributed by atoms with Crippen LogP contribution in [0.25, 0.3) is 0 Å². The van der Waals surface area contributed by atoms with Crippen molar-refractivity contribution < 1.29 is 18.8 Å². The largest absolute Gasteiger partial charge is 0.344 e. The van der Waals surface area contributed by atoms with Crippen LogP contribution in [-0.2, 0) is 14.4 Å². The second kappa shape index (κ2) is 8.27. The number of piperazine rings is 1. The number of nitrogens with zero attached hydrogens (tertiary/aromatic N) is 3. The highest BCUT2D eigenvalue weighted by molar-refractivity contribution is 6.21. The highest BCUT2D eigenvalue weighted by atomic mass is 35.5. The first-order valence-electron chi connectivity index (χ1n) is 11.7. The third kappa shape index (κ3) is 3.70. The van der Waals surface area contributed by atoms with Crippen molar-refractivity contribution in [1.82, 2.24) is 20.0 Å². The fourth-order valence-corrected chi connectivity index (χ4v) is 7.28. The molecular weight excluding hydrogens is 458 g/mol. The lowest BCUT2D eigenvalue weighted by Gasteiger charge is -2.67. The fraction of sp³-hybridized carbons (Fsp3) is 0.864. The summed E-state index contributed by atoms with van der Waals surface area (Å²) in [5, 5.41) is 2.92. The molecule has 0 aromatic rings. The number of carbonyl (C=O) groups is 3. The van der Waals surface area contributed by atoms with Gasteiger partial charge in [0, 0.05) is 42.3 Å². The van der Waals surface area contributed by atoms with Crippen molar-refractivity contribution in [2.45, 2.75) is 73.6 Å². The smallest absolute Gasteiger partial charge is 0.250 e. The number of halogens is 3. The van der Waals surface area contributed by atoms with E-state index in [1.54, 1.807) is 9.80 Å². The van der Waals surface area contributed by atoms with Crippen LogP contribution in [0.5, 0.6) is 0 Å². The van der Waals surface area contributed by atoms with Gasteiger partial charge in [-0.2, -0.15) is 0 Å². The second-order valence-corrected chi connectivity index (χ2v) is 11.9. The van der Waals surface area contributed by atoms with Gasteiger partial charge < -0.3 is 14.7 Å². The minimum Gasteiger partial charge on any atom is -0.344 e. The molecule has 3 saturated heterocycles. The molecule has 1 N–H and O–H groups in total. The molecule has 7 nitrogen and oxygen atoms in total. The van der Waals surface area contributed by atoms with E-state index in [0.29, 0.717) is 44.9 Å². The summed E-state index contributed by atoms with van der Waals surface area (Å²) >= 11 is 12.3. The Labute approximate surface area is 197 Å². The molecule has 0 radical (unpaired) electrons. The van der Waals surface area contributed by atoms with E-state index in [1.807, 2.05) is 0 Å². The Hall–Kier alpha value is -1.12. The Morgan fingerprint density at radius 3 is 2.41 bits per heavy atom. The molecule has 5 aliphatic rings. The van der Waals surface area contributed by atoms with Crippen molar-refractivity contribution in [3.8, 4) is 0 Å². The van der Waals surface area contributed by atoms with Crippen LogP contribution in [-0.4, -0.2) is 94.3 Å². The SMILES string of the molecule is O=CN1CC2(C1)CC1(C2)C(=O)N(C2NCC(Cl)CC2F)CC(=O)N1CC1CCC(Cl)CC1. The van der Waals surface area contributed by atoms with E-state index < -0.39 is 17.9 Å². The van der Waals surface area contributed by atoms with Gasteiger partial charge in [-0.3, -0.25) is 19.7 Å². The zero-order valence-corrected chi connectivity index (χ0v) is 19.7. The third-order valence-corrected chi connectivity index (χ3v) is 9.04. The van der Waals surface area contributed by atoms with Crippen molar-refractivity contribution in [2.75, 3.05) is 32.7 Å². The van der Waals surface area contributed by atoms with E-state index >= 15 is 0 Å². The molecule has 3 heterocycles. The molecule has 0 bridgehead atoms. The molecule has 3 atom stereocenters. The molecule has 10 heteroatoms. The van der Waals surface area contributed by atoms with Crippen LogP contribution >= 0.6 is 23.2 Å². The van der Waals surface area contributed by atoms with Crippen LogP contribution < -0.4 is 5.32 Å². The standard InChI is InChI=1S/C22H31Cl2FN4O3/c23-15-3-1-14(2-4-15)7-29-18(31)8-28(19-17(25)5-16(24)6-26-19)20(32)22(29)9-21(10-22)11-27(12-21)13-30/h13-17,19,26H,1-12H2. The van der Waals surface area contributed by atoms with E-state index in [4.69, 9.17) is 23.2 Å². The molecule has 5 rings (SSSR count). The van der Waals surface area contributed by atoms with Gasteiger partial charge >= 0.3 is 0 Å². The van der Waals surface area contributed by atoms with Crippen molar-refractivity contribution >= 4 is 41.4 Å². The van der Waals surface area contributed by atoms with Gasteiger partial charge in [0.1, 0.15) is 24.4 Å². The molecule has 0 aromatic heterocycles. The molecule has 178 valence electrons. The zero-order valence-electron chi connectivity index (χ0n) is 18.1. The summed E-state index contributed by atoms with van der Waals surface area (Å²) in [6.07, 6.45) is 3.69. The summed E-state index contributed by atoms with van der Waals surface area (Å²) in [6.45, 7) is 2.08. The monoisotopic (exact) mass is 488 g/mol. The van der Waals surface area contributed by atoms with E-state index in [-0.39, 0.29) is 40.9 Å². The Balaban J connectivity index is 1.37. The second-order valence-electron chi connectivity index (χ2n) is 10.7. The zero-order chi connectivity index (χ0) is 22.7. The van der Waals surface area contributed by atoms with Crippen LogP contribution in [0.1, 0.15) is 44.9 Å². The maximum atomic E-state index is 14.9. The molecule has 32 heavy (non-hydrogen) atoms. The Morgan fingerprint density at radius 2 is 1.78 bits per heavy atom. The highest BCUT2D eigenvalue weighted by Gasteiger charge is 2.69. The third-order valence-electron chi connectivity index (χ3n) is 8.27. The number of nitrogens with one attached hydrogen (secondary N) is 1. The first-order valence-corrected chi connectivity index (χ1v) is 12.6. The molecule has 2 saturated carbocycles. The predicted octanol–water partition coefficient (Wildman–Crippen LogP) is 1.71. The predicted molar refractivity (Wildman–Crippen MR) is 118 cm³/mol. The van der Waals surface area contributed by atoms with Gasteiger partial charge in [-0.15, -0.1) is 23.2 Å². The summed E-state index contributed by atoms with van der Waals surface area (Å²) in [5.74, 6) is 0.0563. The summed E-state index contributed by atoms with van der Waals surface area (Å²) in [6, 6.07) is 0. The lowest BCUT2D eigenvalue weighted by molar-refractivity contribution is -0.205. The van der Waals surface area contributed by atoms with E-state index in [2.05, 4.69) is 5.32 Å². The van der Waals surface area contributed by atoms with Crippen LogP contribution in [0, 0.1) is 11.3 Å². The highest BCUT2D eigenvalue weighted by Crippen LogP contribution is 2.58. The summed E-state index contributed by atoms with van der Waals surface area (Å²) in [5.41, 5.74) is -1.04. The Bertz CT molecular complexity index is 779. The average Bonchev–Trinajstić information content (AvgIpc) is 2.70. The van der Waals surface area contributed by atoms with Gasteiger partial charge in [-0.05, 0) is 50.9 Å². The average molecular weight is 489 g/mol. The minimum atomic E-state index is -1.31. The quantitative estimate of drug-likeness (QED) is 0.482. The van der Waals surface area contributed by atoms with Gasteiger partial charge in [-0.1, -0.05) is 0 Å². The molecule has 3 amide bonds. The van der Waals surface area contributed by atoms with Gasteiger partial charge in [0.05, 0.1) is 0 Å². The van der Waals surface area contributed by atoms with Crippen molar-refractivity contribution in [2.24, 2.45) is 11.3 Å². The number of rotatable bonds is 4. The maximum absolute atomic E-state index is 14.9. The number of carbonyl (C=O) groups excluding carboxylic acids is 3. The van der Waals surface area contributed by atoms with Crippen molar-refractivity contribution in [3.63, 3.8) is 0 Å². The molecule has 3 aliphatic heterocycles. The molecular formula is C22H31Cl2FN4O3. The number of alkyl halides is 3. The number of hydrogen-bond acceptors (Lipinski definition) is 4. The minimum absolute atomic E-state index is 0.107.